The van der Waals surface area contributed by atoms with Crippen molar-refractivity contribution in [2.45, 2.75) is 13.1 Å². The van der Waals surface area contributed by atoms with E-state index >= 15 is 0 Å². The van der Waals surface area contributed by atoms with Gasteiger partial charge in [-0.1, -0.05) is 0 Å². The molecule has 3 heterocycles. The minimum absolute atomic E-state index is 0.0254. The number of halogens is 1. The zero-order chi connectivity index (χ0) is 12.7. The summed E-state index contributed by atoms with van der Waals surface area (Å²) in [7, 11) is 1.87. The van der Waals surface area contributed by atoms with Crippen LogP contribution in [0, 0.1) is 0 Å². The molecule has 0 radical (unpaired) electrons. The molecule has 3 rings (SSSR count). The van der Waals surface area contributed by atoms with Crippen molar-refractivity contribution in [3.8, 4) is 0 Å². The van der Waals surface area contributed by atoms with Crippen LogP contribution in [0.15, 0.2) is 23.1 Å². The van der Waals surface area contributed by atoms with Gasteiger partial charge in [-0.25, -0.2) is 0 Å². The molecule has 0 atom stereocenters. The van der Waals surface area contributed by atoms with Gasteiger partial charge >= 0.3 is 0 Å². The fourth-order valence-electron chi connectivity index (χ4n) is 2.14. The highest BCUT2D eigenvalue weighted by Gasteiger charge is 2.24. The molecule has 1 aliphatic rings. The van der Waals surface area contributed by atoms with Crippen molar-refractivity contribution in [3.05, 3.63) is 34.6 Å². The normalized spacial score (nSPS) is 14.7. The second kappa shape index (κ2) is 4.24. The first-order valence-electron chi connectivity index (χ1n) is 5.63. The molecule has 18 heavy (non-hydrogen) atoms. The Labute approximate surface area is 112 Å². The van der Waals surface area contributed by atoms with Crippen LogP contribution in [0.1, 0.15) is 16.3 Å². The molecule has 2 aromatic rings. The molecule has 94 valence electrons. The molecule has 0 saturated heterocycles. The van der Waals surface area contributed by atoms with Crippen LogP contribution >= 0.6 is 15.9 Å². The van der Waals surface area contributed by atoms with Gasteiger partial charge in [-0.3, -0.25) is 4.79 Å². The Morgan fingerprint density at radius 3 is 3.00 bits per heavy atom. The first kappa shape index (κ1) is 11.5. The molecular formula is C11H12BrN5O. The molecule has 0 bridgehead atoms. The summed E-state index contributed by atoms with van der Waals surface area (Å²) in [5, 5.41) is 7.87. The number of aromatic nitrogens is 4. The van der Waals surface area contributed by atoms with Gasteiger partial charge in [0.1, 0.15) is 12.0 Å². The van der Waals surface area contributed by atoms with Crippen LogP contribution in [-0.2, 0) is 20.1 Å². The molecule has 0 N–H and O–H groups in total. The summed E-state index contributed by atoms with van der Waals surface area (Å²) < 4.78 is 4.71. The second-order valence-electron chi connectivity index (χ2n) is 4.32. The Hall–Kier alpha value is -1.63. The quantitative estimate of drug-likeness (QED) is 0.791. The van der Waals surface area contributed by atoms with E-state index in [1.165, 1.54) is 0 Å². The minimum Gasteiger partial charge on any atom is -0.345 e. The zero-order valence-electron chi connectivity index (χ0n) is 9.88. The number of hydrogen-bond donors (Lipinski definition) is 0. The largest absolute Gasteiger partial charge is 0.345 e. The smallest absolute Gasteiger partial charge is 0.270 e. The van der Waals surface area contributed by atoms with Gasteiger partial charge < -0.3 is 14.0 Å². The lowest BCUT2D eigenvalue weighted by Crippen LogP contribution is -2.38. The lowest BCUT2D eigenvalue weighted by molar-refractivity contribution is 0.0697. The number of fused-ring (bicyclic) bond motifs is 1. The second-order valence-corrected chi connectivity index (χ2v) is 5.24. The molecule has 0 saturated carbocycles. The molecule has 0 spiro atoms. The van der Waals surface area contributed by atoms with Gasteiger partial charge in [-0.2, -0.15) is 0 Å². The van der Waals surface area contributed by atoms with Gasteiger partial charge in [0.05, 0.1) is 6.54 Å². The van der Waals surface area contributed by atoms with Crippen molar-refractivity contribution in [2.75, 3.05) is 6.54 Å². The average molecular weight is 310 g/mol. The third kappa shape index (κ3) is 1.84. The van der Waals surface area contributed by atoms with Crippen molar-refractivity contribution < 1.29 is 4.79 Å². The van der Waals surface area contributed by atoms with Crippen molar-refractivity contribution in [3.63, 3.8) is 0 Å². The Morgan fingerprint density at radius 2 is 2.28 bits per heavy atom. The van der Waals surface area contributed by atoms with Gasteiger partial charge in [-0.05, 0) is 22.0 Å². The van der Waals surface area contributed by atoms with Gasteiger partial charge in [0.15, 0.2) is 5.82 Å². The van der Waals surface area contributed by atoms with Crippen LogP contribution in [-0.4, -0.2) is 36.7 Å². The van der Waals surface area contributed by atoms with Gasteiger partial charge in [0.25, 0.3) is 5.91 Å². The Kier molecular flexibility index (Phi) is 2.70. The summed E-state index contributed by atoms with van der Waals surface area (Å²) in [5.41, 5.74) is 0.676. The van der Waals surface area contributed by atoms with Crippen molar-refractivity contribution in [1.29, 1.82) is 0 Å². The highest BCUT2D eigenvalue weighted by Crippen LogP contribution is 2.18. The van der Waals surface area contributed by atoms with E-state index in [9.17, 15) is 4.79 Å². The molecule has 0 aliphatic carbocycles. The van der Waals surface area contributed by atoms with Gasteiger partial charge in [0, 0.05) is 30.8 Å². The van der Waals surface area contributed by atoms with Crippen LogP contribution in [0.2, 0.25) is 0 Å². The van der Waals surface area contributed by atoms with Crippen LogP contribution in [0.3, 0.4) is 0 Å². The monoisotopic (exact) mass is 309 g/mol. The van der Waals surface area contributed by atoms with Crippen LogP contribution in [0.4, 0.5) is 0 Å². The first-order chi connectivity index (χ1) is 8.65. The van der Waals surface area contributed by atoms with Crippen LogP contribution < -0.4 is 0 Å². The molecular weight excluding hydrogens is 298 g/mol. The van der Waals surface area contributed by atoms with Crippen LogP contribution in [0.5, 0.6) is 0 Å². The van der Waals surface area contributed by atoms with E-state index in [4.69, 9.17) is 0 Å². The topological polar surface area (TPSA) is 56.0 Å². The molecule has 1 amide bonds. The predicted octanol–water partition coefficient (Wildman–Crippen LogP) is 1.04. The maximum Gasteiger partial charge on any atom is 0.270 e. The maximum atomic E-state index is 12.4. The summed E-state index contributed by atoms with van der Waals surface area (Å²) in [5.74, 6) is 0.861. The van der Waals surface area contributed by atoms with Crippen molar-refractivity contribution >= 4 is 21.8 Å². The number of amides is 1. The highest BCUT2D eigenvalue weighted by molar-refractivity contribution is 9.10. The summed E-state index contributed by atoms with van der Waals surface area (Å²) in [4.78, 5) is 14.2. The van der Waals surface area contributed by atoms with Gasteiger partial charge in [0.2, 0.25) is 0 Å². The Balaban J connectivity index is 1.85. The predicted molar refractivity (Wildman–Crippen MR) is 67.9 cm³/mol. The molecule has 0 aromatic carbocycles. The van der Waals surface area contributed by atoms with E-state index in [1.54, 1.807) is 11.2 Å². The summed E-state index contributed by atoms with van der Waals surface area (Å²) in [6.45, 7) is 1.95. The Bertz CT molecular complexity index is 602. The molecule has 2 aromatic heterocycles. The summed E-state index contributed by atoms with van der Waals surface area (Å²) >= 11 is 3.38. The number of rotatable bonds is 1. The molecule has 6 nitrogen and oxygen atoms in total. The third-order valence-electron chi connectivity index (χ3n) is 3.12. The van der Waals surface area contributed by atoms with E-state index in [-0.39, 0.29) is 5.91 Å². The minimum atomic E-state index is 0.0254. The lowest BCUT2D eigenvalue weighted by Gasteiger charge is -2.27. The average Bonchev–Trinajstić information content (AvgIpc) is 2.93. The number of hydrogen-bond acceptors (Lipinski definition) is 3. The van der Waals surface area contributed by atoms with E-state index in [0.717, 1.165) is 16.8 Å². The number of carbonyl (C=O) groups excluding carboxylic acids is 1. The highest BCUT2D eigenvalue weighted by atomic mass is 79.9. The first-order valence-corrected chi connectivity index (χ1v) is 6.42. The summed E-state index contributed by atoms with van der Waals surface area (Å²) in [6.07, 6.45) is 3.58. The van der Waals surface area contributed by atoms with Gasteiger partial charge in [-0.15, -0.1) is 10.2 Å². The van der Waals surface area contributed by atoms with E-state index in [2.05, 4.69) is 26.1 Å². The Morgan fingerprint density at radius 1 is 1.44 bits per heavy atom. The van der Waals surface area contributed by atoms with Crippen molar-refractivity contribution in [1.82, 2.24) is 24.2 Å². The molecule has 0 unspecified atom stereocenters. The summed E-state index contributed by atoms with van der Waals surface area (Å²) in [6, 6.07) is 1.83. The van der Waals surface area contributed by atoms with Crippen LogP contribution in [0.25, 0.3) is 0 Å². The number of aryl methyl sites for hydroxylation is 1. The SMILES string of the molecule is Cn1cc(Br)cc1C(=O)N1CCn2cnnc2C1. The lowest BCUT2D eigenvalue weighted by atomic mass is 10.3. The fraction of sp³-hybridized carbons (Fsp3) is 0.364. The van der Waals surface area contributed by atoms with E-state index in [0.29, 0.717) is 18.8 Å². The third-order valence-corrected chi connectivity index (χ3v) is 3.55. The fourth-order valence-corrected chi connectivity index (χ4v) is 2.66. The molecule has 0 fully saturated rings. The zero-order valence-corrected chi connectivity index (χ0v) is 11.5. The maximum absolute atomic E-state index is 12.4. The van der Waals surface area contributed by atoms with E-state index in [1.807, 2.05) is 28.4 Å². The van der Waals surface area contributed by atoms with Crippen molar-refractivity contribution in [2.24, 2.45) is 7.05 Å². The standard InChI is InChI=1S/C11H12BrN5O/c1-15-5-8(12)4-9(15)11(18)16-2-3-17-7-13-14-10(17)6-16/h4-5,7H,2-3,6H2,1H3. The molecule has 7 heteroatoms. The number of carbonyl (C=O) groups is 1. The van der Waals surface area contributed by atoms with E-state index < -0.39 is 0 Å². The number of nitrogens with zero attached hydrogens (tertiary/aromatic N) is 5. The molecule has 1 aliphatic heterocycles.